The van der Waals surface area contributed by atoms with Gasteiger partial charge in [0.2, 0.25) is 0 Å². The molecule has 0 unspecified atom stereocenters. The first-order valence-corrected chi connectivity index (χ1v) is 12.7. The minimum Gasteiger partial charge on any atom is -0.465 e. The number of ether oxygens (including phenoxy) is 2. The van der Waals surface area contributed by atoms with Crippen molar-refractivity contribution in [2.24, 2.45) is 0 Å². The number of aromatic nitrogens is 3. The van der Waals surface area contributed by atoms with Gasteiger partial charge in [-0.1, -0.05) is 31.8 Å². The lowest BCUT2D eigenvalue weighted by Crippen LogP contribution is -2.22. The van der Waals surface area contributed by atoms with Crippen molar-refractivity contribution in [3.8, 4) is 11.1 Å². The highest BCUT2D eigenvalue weighted by Gasteiger charge is 2.13. The summed E-state index contributed by atoms with van der Waals surface area (Å²) in [5.41, 5.74) is 3.28. The van der Waals surface area contributed by atoms with Crippen LogP contribution in [0.5, 0.6) is 0 Å². The topological polar surface area (TPSA) is 66.2 Å². The number of hydrogen-bond donors (Lipinski definition) is 0. The Hall–Kier alpha value is -2.51. The maximum atomic E-state index is 11.5. The van der Waals surface area contributed by atoms with Crippen molar-refractivity contribution in [3.05, 3.63) is 48.3 Å². The maximum Gasteiger partial charge on any atom is 0.337 e. The van der Waals surface area contributed by atoms with Gasteiger partial charge < -0.3 is 9.47 Å². The van der Waals surface area contributed by atoms with Crippen LogP contribution in [0.2, 0.25) is 25.7 Å². The third-order valence-electron chi connectivity index (χ3n) is 4.33. The molecule has 27 heavy (non-hydrogen) atoms. The molecule has 142 valence electrons. The average molecular weight is 384 g/mol. The van der Waals surface area contributed by atoms with Crippen molar-refractivity contribution in [2.75, 3.05) is 13.7 Å². The van der Waals surface area contributed by atoms with E-state index in [0.717, 1.165) is 34.8 Å². The van der Waals surface area contributed by atoms with E-state index in [1.54, 1.807) is 23.0 Å². The van der Waals surface area contributed by atoms with Gasteiger partial charge in [-0.05, 0) is 29.8 Å². The molecule has 0 aliphatic heterocycles. The molecule has 0 N–H and O–H groups in total. The average Bonchev–Trinajstić information content (AvgIpc) is 3.06. The molecule has 0 amide bonds. The first kappa shape index (κ1) is 19.3. The van der Waals surface area contributed by atoms with Crippen LogP contribution in [0.25, 0.3) is 22.2 Å². The number of benzene rings is 1. The zero-order valence-corrected chi connectivity index (χ0v) is 17.2. The van der Waals surface area contributed by atoms with Gasteiger partial charge in [-0.2, -0.15) is 5.10 Å². The maximum absolute atomic E-state index is 11.5. The second-order valence-corrected chi connectivity index (χ2v) is 13.3. The summed E-state index contributed by atoms with van der Waals surface area (Å²) >= 11 is 0. The van der Waals surface area contributed by atoms with Crippen LogP contribution in [-0.2, 0) is 16.2 Å². The molecule has 0 aliphatic rings. The molecule has 6 nitrogen and oxygen atoms in total. The van der Waals surface area contributed by atoms with Crippen LogP contribution in [0.4, 0.5) is 0 Å². The molecule has 0 atom stereocenters. The number of pyridine rings is 1. The van der Waals surface area contributed by atoms with E-state index >= 15 is 0 Å². The third-order valence-corrected chi connectivity index (χ3v) is 6.03. The van der Waals surface area contributed by atoms with E-state index < -0.39 is 8.07 Å². The second kappa shape index (κ2) is 8.02. The van der Waals surface area contributed by atoms with Gasteiger partial charge in [0.15, 0.2) is 5.65 Å². The molecule has 0 saturated heterocycles. The molecule has 2 heterocycles. The molecular formula is C20H25N3O3Si. The van der Waals surface area contributed by atoms with E-state index in [4.69, 9.17) is 9.47 Å². The Morgan fingerprint density at radius 2 is 1.85 bits per heavy atom. The zero-order valence-electron chi connectivity index (χ0n) is 16.2. The lowest BCUT2D eigenvalue weighted by Gasteiger charge is -2.15. The van der Waals surface area contributed by atoms with Gasteiger partial charge in [0.25, 0.3) is 0 Å². The molecule has 0 aliphatic carbocycles. The number of methoxy groups -OCH3 is 1. The number of carbonyl (C=O) groups is 1. The number of fused-ring (bicyclic) bond motifs is 1. The predicted octanol–water partition coefficient (Wildman–Crippen LogP) is 4.20. The Kier molecular flexibility index (Phi) is 5.72. The van der Waals surface area contributed by atoms with E-state index in [1.807, 2.05) is 24.4 Å². The van der Waals surface area contributed by atoms with E-state index in [0.29, 0.717) is 12.3 Å². The van der Waals surface area contributed by atoms with Crippen LogP contribution >= 0.6 is 0 Å². The number of carbonyl (C=O) groups excluding carboxylic acids is 1. The number of hydrogen-bond acceptors (Lipinski definition) is 5. The van der Waals surface area contributed by atoms with Crippen molar-refractivity contribution in [1.82, 2.24) is 14.8 Å². The highest BCUT2D eigenvalue weighted by molar-refractivity contribution is 6.76. The first-order valence-electron chi connectivity index (χ1n) is 8.95. The first-order chi connectivity index (χ1) is 12.9. The monoisotopic (exact) mass is 383 g/mol. The molecule has 0 spiro atoms. The third kappa shape index (κ3) is 4.81. The summed E-state index contributed by atoms with van der Waals surface area (Å²) in [6, 6.07) is 10.5. The summed E-state index contributed by atoms with van der Waals surface area (Å²) in [6.07, 6.45) is 3.62. The highest BCUT2D eigenvalue weighted by atomic mass is 28.3. The lowest BCUT2D eigenvalue weighted by molar-refractivity contribution is 0.0600. The van der Waals surface area contributed by atoms with Gasteiger partial charge in [0.05, 0.1) is 18.9 Å². The highest BCUT2D eigenvalue weighted by Crippen LogP contribution is 2.23. The molecule has 1 aromatic carbocycles. The van der Waals surface area contributed by atoms with Crippen LogP contribution in [0, 0.1) is 0 Å². The summed E-state index contributed by atoms with van der Waals surface area (Å²) in [5.74, 6) is -0.342. The molecule has 0 saturated carbocycles. The second-order valence-electron chi connectivity index (χ2n) is 7.70. The summed E-state index contributed by atoms with van der Waals surface area (Å²) < 4.78 is 12.3. The van der Waals surface area contributed by atoms with Gasteiger partial charge in [-0.15, -0.1) is 0 Å². The SMILES string of the molecule is COC(=O)c1ccc(-c2cnc3c(cnn3COCC[Si](C)(C)C)c2)cc1. The van der Waals surface area contributed by atoms with Gasteiger partial charge in [0.1, 0.15) is 6.73 Å². The van der Waals surface area contributed by atoms with Crippen molar-refractivity contribution in [1.29, 1.82) is 0 Å². The Balaban J connectivity index is 1.72. The Morgan fingerprint density at radius 1 is 1.11 bits per heavy atom. The van der Waals surface area contributed by atoms with Gasteiger partial charge in [-0.25, -0.2) is 14.5 Å². The van der Waals surface area contributed by atoms with Crippen molar-refractivity contribution in [3.63, 3.8) is 0 Å². The predicted molar refractivity (Wildman–Crippen MR) is 108 cm³/mol. The summed E-state index contributed by atoms with van der Waals surface area (Å²) in [7, 11) is 0.285. The largest absolute Gasteiger partial charge is 0.465 e. The minimum absolute atomic E-state index is 0.342. The molecular weight excluding hydrogens is 358 g/mol. The standard InChI is InChI=1S/C20H25N3O3Si/c1-25-20(24)16-7-5-15(6-8-16)17-11-18-13-22-23(19(18)21-12-17)14-26-9-10-27(2,3)4/h5-8,11-13H,9-10,14H2,1-4H3. The zero-order chi connectivity index (χ0) is 19.4. The summed E-state index contributed by atoms with van der Waals surface area (Å²) in [6.45, 7) is 8.16. The number of esters is 1. The van der Waals surface area contributed by atoms with E-state index in [-0.39, 0.29) is 5.97 Å². The van der Waals surface area contributed by atoms with Crippen molar-refractivity contribution >= 4 is 25.1 Å². The fourth-order valence-electron chi connectivity index (χ4n) is 2.67. The van der Waals surface area contributed by atoms with Crippen molar-refractivity contribution in [2.45, 2.75) is 32.4 Å². The molecule has 0 fully saturated rings. The van der Waals surface area contributed by atoms with E-state index in [9.17, 15) is 4.79 Å². The number of rotatable bonds is 7. The van der Waals surface area contributed by atoms with Crippen LogP contribution in [-0.4, -0.2) is 42.5 Å². The van der Waals surface area contributed by atoms with Gasteiger partial charge in [0, 0.05) is 31.8 Å². The van der Waals surface area contributed by atoms with Crippen LogP contribution in [0.15, 0.2) is 42.7 Å². The smallest absolute Gasteiger partial charge is 0.337 e. The molecule has 7 heteroatoms. The summed E-state index contributed by atoms with van der Waals surface area (Å²) in [5, 5.41) is 5.35. The molecule has 2 aromatic heterocycles. The van der Waals surface area contributed by atoms with Crippen LogP contribution in [0.1, 0.15) is 10.4 Å². The molecule has 3 aromatic rings. The quantitative estimate of drug-likeness (QED) is 0.348. The molecule has 0 radical (unpaired) electrons. The fourth-order valence-corrected chi connectivity index (χ4v) is 3.43. The Morgan fingerprint density at radius 3 is 2.52 bits per heavy atom. The Bertz CT molecular complexity index is 930. The number of nitrogens with zero attached hydrogens (tertiary/aromatic N) is 3. The van der Waals surface area contributed by atoms with Gasteiger partial charge >= 0.3 is 5.97 Å². The minimum atomic E-state index is -1.09. The van der Waals surface area contributed by atoms with Crippen LogP contribution in [0.3, 0.4) is 0 Å². The van der Waals surface area contributed by atoms with Crippen molar-refractivity contribution < 1.29 is 14.3 Å². The van der Waals surface area contributed by atoms with E-state index in [1.165, 1.54) is 7.11 Å². The Labute approximate surface area is 160 Å². The molecule has 0 bridgehead atoms. The lowest BCUT2D eigenvalue weighted by atomic mass is 10.1. The summed E-state index contributed by atoms with van der Waals surface area (Å²) in [4.78, 5) is 16.1. The fraction of sp³-hybridized carbons (Fsp3) is 0.350. The van der Waals surface area contributed by atoms with Gasteiger partial charge in [-0.3, -0.25) is 0 Å². The van der Waals surface area contributed by atoms with E-state index in [2.05, 4.69) is 29.7 Å². The van der Waals surface area contributed by atoms with Crippen LogP contribution < -0.4 is 0 Å². The molecule has 3 rings (SSSR count). The normalized spacial score (nSPS) is 11.7.